The van der Waals surface area contributed by atoms with Gasteiger partial charge in [0.1, 0.15) is 0 Å². The Hall–Kier alpha value is -0.570. The van der Waals surface area contributed by atoms with Crippen molar-refractivity contribution in [3.63, 3.8) is 0 Å². The Morgan fingerprint density at radius 2 is 2.08 bits per heavy atom. The minimum atomic E-state index is -0.170. The molecule has 1 heterocycles. The molecule has 1 unspecified atom stereocenters. The van der Waals surface area contributed by atoms with Crippen molar-refractivity contribution in [2.45, 2.75) is 39.0 Å². The number of aryl methyl sites for hydroxylation is 1. The summed E-state index contributed by atoms with van der Waals surface area (Å²) >= 11 is 5.79. The Bertz CT molecular complexity index is 258. The number of hydrogen-bond acceptors (Lipinski definition) is 3. The van der Waals surface area contributed by atoms with E-state index in [4.69, 9.17) is 16.1 Å². The van der Waals surface area contributed by atoms with Gasteiger partial charge in [-0.05, 0) is 19.3 Å². The zero-order valence-corrected chi connectivity index (χ0v) is 9.01. The smallest absolute Gasteiger partial charge is 0.226 e. The van der Waals surface area contributed by atoms with E-state index < -0.39 is 0 Å². The lowest BCUT2D eigenvalue weighted by atomic mass is 10.1. The Labute approximate surface area is 83.5 Å². The average molecular weight is 203 g/mol. The molecule has 1 rings (SSSR count). The number of nitrogens with zero attached hydrogens (tertiary/aromatic N) is 2. The molecule has 0 fully saturated rings. The van der Waals surface area contributed by atoms with Crippen LogP contribution in [0.25, 0.3) is 0 Å². The predicted molar refractivity (Wildman–Crippen MR) is 51.7 cm³/mol. The summed E-state index contributed by atoms with van der Waals surface area (Å²) in [5.41, 5.74) is 0. The molecule has 0 aromatic carbocycles. The predicted octanol–water partition coefficient (Wildman–Crippen LogP) is 2.96. The molecule has 4 heteroatoms. The second-order valence-electron chi connectivity index (χ2n) is 3.59. The minimum absolute atomic E-state index is 0.170. The average Bonchev–Trinajstić information content (AvgIpc) is 2.48. The molecule has 0 saturated carbocycles. The molecule has 1 atom stereocenters. The third-order valence-corrected chi connectivity index (χ3v) is 1.97. The molecule has 0 aliphatic rings. The largest absolute Gasteiger partial charge is 0.339 e. The quantitative estimate of drug-likeness (QED) is 0.705. The van der Waals surface area contributed by atoms with E-state index in [1.807, 2.05) is 6.92 Å². The zero-order valence-electron chi connectivity index (χ0n) is 8.25. The van der Waals surface area contributed by atoms with Gasteiger partial charge in [0.2, 0.25) is 5.89 Å². The lowest BCUT2D eigenvalue weighted by Gasteiger charge is -1.98. The molecule has 0 N–H and O–H groups in total. The first-order valence-corrected chi connectivity index (χ1v) is 4.99. The molecule has 0 amide bonds. The van der Waals surface area contributed by atoms with E-state index in [0.29, 0.717) is 17.6 Å². The molecule has 3 nitrogen and oxygen atoms in total. The van der Waals surface area contributed by atoms with Crippen LogP contribution in [-0.2, 0) is 6.42 Å². The zero-order chi connectivity index (χ0) is 9.84. The van der Waals surface area contributed by atoms with Crippen LogP contribution in [0, 0.1) is 5.92 Å². The van der Waals surface area contributed by atoms with E-state index in [1.54, 1.807) is 0 Å². The maximum Gasteiger partial charge on any atom is 0.226 e. The molecule has 0 aliphatic carbocycles. The highest BCUT2D eigenvalue weighted by Crippen LogP contribution is 2.16. The highest BCUT2D eigenvalue weighted by atomic mass is 35.5. The van der Waals surface area contributed by atoms with E-state index in [0.717, 1.165) is 12.8 Å². The van der Waals surface area contributed by atoms with Crippen molar-refractivity contribution in [1.29, 1.82) is 0 Å². The monoisotopic (exact) mass is 202 g/mol. The highest BCUT2D eigenvalue weighted by molar-refractivity contribution is 6.20. The third kappa shape index (κ3) is 3.35. The fourth-order valence-electron chi connectivity index (χ4n) is 0.943. The second kappa shape index (κ2) is 4.61. The van der Waals surface area contributed by atoms with Crippen LogP contribution in [0.1, 0.15) is 44.3 Å². The Morgan fingerprint density at radius 3 is 2.54 bits per heavy atom. The number of rotatable bonds is 4. The third-order valence-electron chi connectivity index (χ3n) is 1.78. The van der Waals surface area contributed by atoms with Crippen molar-refractivity contribution in [3.8, 4) is 0 Å². The summed E-state index contributed by atoms with van der Waals surface area (Å²) in [5, 5.41) is 3.61. The van der Waals surface area contributed by atoms with Gasteiger partial charge >= 0.3 is 0 Å². The molecular formula is C9H15ClN2O. The summed E-state index contributed by atoms with van der Waals surface area (Å²) in [6, 6.07) is 0. The summed E-state index contributed by atoms with van der Waals surface area (Å²) in [6.07, 6.45) is 1.91. The van der Waals surface area contributed by atoms with Crippen molar-refractivity contribution in [2.75, 3.05) is 0 Å². The van der Waals surface area contributed by atoms with E-state index in [-0.39, 0.29) is 5.38 Å². The van der Waals surface area contributed by atoms with Gasteiger partial charge in [0.15, 0.2) is 5.82 Å². The fourth-order valence-corrected chi connectivity index (χ4v) is 1.03. The summed E-state index contributed by atoms with van der Waals surface area (Å²) in [4.78, 5) is 4.17. The Balaban J connectivity index is 2.49. The van der Waals surface area contributed by atoms with Crippen LogP contribution in [0.5, 0.6) is 0 Å². The van der Waals surface area contributed by atoms with E-state index >= 15 is 0 Å². The molecule has 0 radical (unpaired) electrons. The van der Waals surface area contributed by atoms with Gasteiger partial charge in [-0.2, -0.15) is 4.98 Å². The lowest BCUT2D eigenvalue weighted by Crippen LogP contribution is -1.93. The van der Waals surface area contributed by atoms with Gasteiger partial charge in [-0.3, -0.25) is 0 Å². The second-order valence-corrected chi connectivity index (χ2v) is 4.25. The fraction of sp³-hybridized carbons (Fsp3) is 0.778. The molecule has 13 heavy (non-hydrogen) atoms. The molecule has 74 valence electrons. The van der Waals surface area contributed by atoms with Crippen LogP contribution < -0.4 is 0 Å². The van der Waals surface area contributed by atoms with Gasteiger partial charge in [-0.1, -0.05) is 19.0 Å². The molecule has 1 aromatic rings. The first-order valence-electron chi connectivity index (χ1n) is 4.56. The van der Waals surface area contributed by atoms with Gasteiger partial charge in [-0.25, -0.2) is 0 Å². The van der Waals surface area contributed by atoms with Crippen LogP contribution >= 0.6 is 11.6 Å². The van der Waals surface area contributed by atoms with Crippen molar-refractivity contribution < 1.29 is 4.52 Å². The van der Waals surface area contributed by atoms with Crippen LogP contribution in [0.15, 0.2) is 4.52 Å². The standard InChI is InChI=1S/C9H15ClN2O/c1-6(2)4-5-8-11-9(7(3)10)12-13-8/h6-7H,4-5H2,1-3H3. The number of alkyl halides is 1. The van der Waals surface area contributed by atoms with Crippen LogP contribution in [0.4, 0.5) is 0 Å². The summed E-state index contributed by atoms with van der Waals surface area (Å²) in [7, 11) is 0. The Morgan fingerprint density at radius 1 is 1.38 bits per heavy atom. The Kier molecular flexibility index (Phi) is 3.72. The van der Waals surface area contributed by atoms with Crippen LogP contribution in [0.2, 0.25) is 0 Å². The van der Waals surface area contributed by atoms with Crippen LogP contribution in [-0.4, -0.2) is 10.1 Å². The molecule has 1 aromatic heterocycles. The minimum Gasteiger partial charge on any atom is -0.339 e. The molecule has 0 bridgehead atoms. The molecule has 0 saturated heterocycles. The van der Waals surface area contributed by atoms with E-state index in [2.05, 4.69) is 24.0 Å². The topological polar surface area (TPSA) is 38.9 Å². The number of halogens is 1. The van der Waals surface area contributed by atoms with Gasteiger partial charge in [-0.15, -0.1) is 11.6 Å². The van der Waals surface area contributed by atoms with Crippen molar-refractivity contribution in [2.24, 2.45) is 5.92 Å². The van der Waals surface area contributed by atoms with Gasteiger partial charge in [0.05, 0.1) is 5.38 Å². The SMILES string of the molecule is CC(C)CCc1nc(C(C)Cl)no1. The summed E-state index contributed by atoms with van der Waals surface area (Å²) in [5.74, 6) is 1.93. The van der Waals surface area contributed by atoms with Gasteiger partial charge < -0.3 is 4.52 Å². The van der Waals surface area contributed by atoms with Crippen molar-refractivity contribution in [3.05, 3.63) is 11.7 Å². The van der Waals surface area contributed by atoms with Crippen LogP contribution in [0.3, 0.4) is 0 Å². The lowest BCUT2D eigenvalue weighted by molar-refractivity contribution is 0.363. The van der Waals surface area contributed by atoms with Crippen molar-refractivity contribution in [1.82, 2.24) is 10.1 Å². The first kappa shape index (κ1) is 10.5. The normalized spacial score (nSPS) is 13.6. The number of aromatic nitrogens is 2. The molecule has 0 aliphatic heterocycles. The van der Waals surface area contributed by atoms with E-state index in [1.165, 1.54) is 0 Å². The summed E-state index contributed by atoms with van der Waals surface area (Å²) < 4.78 is 5.03. The van der Waals surface area contributed by atoms with Crippen molar-refractivity contribution >= 4 is 11.6 Å². The molecular weight excluding hydrogens is 188 g/mol. The van der Waals surface area contributed by atoms with E-state index in [9.17, 15) is 0 Å². The first-order chi connectivity index (χ1) is 6.09. The highest BCUT2D eigenvalue weighted by Gasteiger charge is 2.10. The maximum atomic E-state index is 5.79. The molecule has 0 spiro atoms. The maximum absolute atomic E-state index is 5.79. The summed E-state index contributed by atoms with van der Waals surface area (Å²) in [6.45, 7) is 6.17. The van der Waals surface area contributed by atoms with Gasteiger partial charge in [0.25, 0.3) is 0 Å². The van der Waals surface area contributed by atoms with Gasteiger partial charge in [0, 0.05) is 6.42 Å². The number of hydrogen-bond donors (Lipinski definition) is 0.